The molecule has 0 saturated heterocycles. The lowest BCUT2D eigenvalue weighted by Crippen LogP contribution is -2.09. The molecule has 0 fully saturated rings. The number of nitrogens with zero attached hydrogens (tertiary/aromatic N) is 2. The van der Waals surface area contributed by atoms with E-state index in [-0.39, 0.29) is 5.56 Å². The third-order valence-corrected chi connectivity index (χ3v) is 3.60. The Kier molecular flexibility index (Phi) is 2.89. The Morgan fingerprint density at radius 1 is 1.05 bits per heavy atom. The lowest BCUT2D eigenvalue weighted by atomic mass is 10.2. The molecule has 2 heterocycles. The minimum absolute atomic E-state index is 0.155. The van der Waals surface area contributed by atoms with Gasteiger partial charge in [-0.25, -0.2) is 4.52 Å². The smallest absolute Gasteiger partial charge is 0.275 e. The minimum atomic E-state index is -0.155. The molecule has 5 nitrogen and oxygen atoms in total. The lowest BCUT2D eigenvalue weighted by molar-refractivity contribution is 0.306. The maximum atomic E-state index is 11.8. The number of fused-ring (bicyclic) bond motifs is 3. The van der Waals surface area contributed by atoms with Gasteiger partial charge in [-0.15, -0.1) is 0 Å². The fraction of sp³-hybridized carbons (Fsp3) is 0.0588. The lowest BCUT2D eigenvalue weighted by Gasteiger charge is -2.06. The topological polar surface area (TPSA) is 59.4 Å². The molecule has 22 heavy (non-hydrogen) atoms. The van der Waals surface area contributed by atoms with Crippen molar-refractivity contribution < 1.29 is 4.74 Å². The molecule has 0 atom stereocenters. The summed E-state index contributed by atoms with van der Waals surface area (Å²) in [6.07, 6.45) is 1.40. The molecule has 0 spiro atoms. The molecule has 5 heteroatoms. The standard InChI is InChI=1S/C17H13N3O2/c21-17-16-9-13-8-14(22-10-12-4-2-1-3-5-12)6-7-15(13)20(16)19-11-18-17/h1-9,11H,10H2,(H,18,19,21). The van der Waals surface area contributed by atoms with Crippen LogP contribution in [0.15, 0.2) is 65.7 Å². The van der Waals surface area contributed by atoms with Crippen molar-refractivity contribution in [3.63, 3.8) is 0 Å². The van der Waals surface area contributed by atoms with Crippen LogP contribution in [0.25, 0.3) is 16.4 Å². The molecule has 1 N–H and O–H groups in total. The fourth-order valence-electron chi connectivity index (χ4n) is 2.52. The van der Waals surface area contributed by atoms with Gasteiger partial charge in [-0.3, -0.25) is 4.79 Å². The van der Waals surface area contributed by atoms with Gasteiger partial charge in [0.25, 0.3) is 5.56 Å². The molecule has 2 aromatic carbocycles. The van der Waals surface area contributed by atoms with Crippen molar-refractivity contribution in [2.45, 2.75) is 6.61 Å². The minimum Gasteiger partial charge on any atom is -0.489 e. The van der Waals surface area contributed by atoms with E-state index in [1.165, 1.54) is 6.33 Å². The van der Waals surface area contributed by atoms with Gasteiger partial charge in [0.2, 0.25) is 0 Å². The molecule has 2 aromatic heterocycles. The van der Waals surface area contributed by atoms with Gasteiger partial charge in [-0.2, -0.15) is 5.10 Å². The molecular formula is C17H13N3O2. The Morgan fingerprint density at radius 3 is 2.77 bits per heavy atom. The molecule has 0 amide bonds. The highest BCUT2D eigenvalue weighted by molar-refractivity contribution is 5.87. The van der Waals surface area contributed by atoms with Crippen molar-refractivity contribution >= 4 is 16.4 Å². The molecule has 0 radical (unpaired) electrons. The SMILES string of the molecule is O=c1[nH]cnn2c1cc1cc(OCc3ccccc3)ccc12. The number of hydrogen-bond acceptors (Lipinski definition) is 3. The first-order chi connectivity index (χ1) is 10.8. The van der Waals surface area contributed by atoms with Crippen LogP contribution in [0, 0.1) is 0 Å². The molecule has 0 unspecified atom stereocenters. The van der Waals surface area contributed by atoms with E-state index in [4.69, 9.17) is 4.74 Å². The van der Waals surface area contributed by atoms with Crippen LogP contribution in [-0.4, -0.2) is 14.6 Å². The Balaban J connectivity index is 1.70. The maximum absolute atomic E-state index is 11.8. The molecule has 0 aliphatic heterocycles. The summed E-state index contributed by atoms with van der Waals surface area (Å²) in [5, 5.41) is 5.10. The third-order valence-electron chi connectivity index (χ3n) is 3.60. The average molecular weight is 291 g/mol. The predicted molar refractivity (Wildman–Crippen MR) is 84.1 cm³/mol. The zero-order chi connectivity index (χ0) is 14.9. The predicted octanol–water partition coefficient (Wildman–Crippen LogP) is 2.75. The van der Waals surface area contributed by atoms with Crippen molar-refractivity contribution in [1.29, 1.82) is 0 Å². The summed E-state index contributed by atoms with van der Waals surface area (Å²) in [5.74, 6) is 0.767. The number of nitrogens with one attached hydrogen (secondary N) is 1. The maximum Gasteiger partial charge on any atom is 0.275 e. The highest BCUT2D eigenvalue weighted by Crippen LogP contribution is 2.23. The third kappa shape index (κ3) is 2.13. The second-order valence-electron chi connectivity index (χ2n) is 5.05. The monoisotopic (exact) mass is 291 g/mol. The summed E-state index contributed by atoms with van der Waals surface area (Å²) < 4.78 is 7.44. The van der Waals surface area contributed by atoms with Crippen LogP contribution in [0.2, 0.25) is 0 Å². The Labute approximate surface area is 125 Å². The van der Waals surface area contributed by atoms with E-state index in [0.717, 1.165) is 22.2 Å². The van der Waals surface area contributed by atoms with E-state index in [2.05, 4.69) is 10.1 Å². The van der Waals surface area contributed by atoms with E-state index in [0.29, 0.717) is 12.1 Å². The van der Waals surface area contributed by atoms with Gasteiger partial charge in [-0.1, -0.05) is 30.3 Å². The Morgan fingerprint density at radius 2 is 1.91 bits per heavy atom. The normalized spacial score (nSPS) is 11.1. The summed E-state index contributed by atoms with van der Waals surface area (Å²) in [6.45, 7) is 0.512. The number of benzene rings is 2. The van der Waals surface area contributed by atoms with E-state index < -0.39 is 0 Å². The van der Waals surface area contributed by atoms with Crippen LogP contribution < -0.4 is 10.3 Å². The molecule has 0 saturated carbocycles. The van der Waals surface area contributed by atoms with Gasteiger partial charge in [0.05, 0.1) is 5.52 Å². The van der Waals surface area contributed by atoms with Gasteiger partial charge in [0.15, 0.2) is 0 Å². The molecule has 0 bridgehead atoms. The fourth-order valence-corrected chi connectivity index (χ4v) is 2.52. The Bertz CT molecular complexity index is 1000. The molecule has 4 aromatic rings. The van der Waals surface area contributed by atoms with Crippen molar-refractivity contribution in [3.8, 4) is 5.75 Å². The summed E-state index contributed by atoms with van der Waals surface area (Å²) in [5.41, 5.74) is 2.37. The van der Waals surface area contributed by atoms with Gasteiger partial charge in [0.1, 0.15) is 24.2 Å². The zero-order valence-corrected chi connectivity index (χ0v) is 11.7. The van der Waals surface area contributed by atoms with Gasteiger partial charge < -0.3 is 9.72 Å². The first-order valence-corrected chi connectivity index (χ1v) is 6.97. The van der Waals surface area contributed by atoms with E-state index >= 15 is 0 Å². The highest BCUT2D eigenvalue weighted by atomic mass is 16.5. The van der Waals surface area contributed by atoms with Gasteiger partial charge in [-0.05, 0) is 29.8 Å². The van der Waals surface area contributed by atoms with E-state index in [1.54, 1.807) is 4.52 Å². The molecule has 0 aliphatic rings. The van der Waals surface area contributed by atoms with Crippen LogP contribution in [0.3, 0.4) is 0 Å². The molecular weight excluding hydrogens is 278 g/mol. The quantitative estimate of drug-likeness (QED) is 0.631. The zero-order valence-electron chi connectivity index (χ0n) is 11.7. The van der Waals surface area contributed by atoms with Crippen LogP contribution >= 0.6 is 0 Å². The highest BCUT2D eigenvalue weighted by Gasteiger charge is 2.07. The number of ether oxygens (including phenoxy) is 1. The summed E-state index contributed by atoms with van der Waals surface area (Å²) in [4.78, 5) is 14.4. The summed E-state index contributed by atoms with van der Waals surface area (Å²) in [6, 6.07) is 17.5. The van der Waals surface area contributed by atoms with Crippen molar-refractivity contribution in [3.05, 3.63) is 76.8 Å². The van der Waals surface area contributed by atoms with Gasteiger partial charge >= 0.3 is 0 Å². The number of hydrogen-bond donors (Lipinski definition) is 1. The number of aromatic nitrogens is 3. The first kappa shape index (κ1) is 12.6. The van der Waals surface area contributed by atoms with E-state index in [9.17, 15) is 4.79 Å². The molecule has 108 valence electrons. The number of aromatic amines is 1. The Hall–Kier alpha value is -3.08. The largest absolute Gasteiger partial charge is 0.489 e. The van der Waals surface area contributed by atoms with E-state index in [1.807, 2.05) is 54.6 Å². The van der Waals surface area contributed by atoms with Crippen molar-refractivity contribution in [2.24, 2.45) is 0 Å². The van der Waals surface area contributed by atoms with Crippen LogP contribution in [0.1, 0.15) is 5.56 Å². The number of H-pyrrole nitrogens is 1. The molecule has 0 aliphatic carbocycles. The second-order valence-corrected chi connectivity index (χ2v) is 5.05. The van der Waals surface area contributed by atoms with Crippen LogP contribution in [0.4, 0.5) is 0 Å². The number of rotatable bonds is 3. The van der Waals surface area contributed by atoms with Crippen LogP contribution in [0.5, 0.6) is 5.75 Å². The van der Waals surface area contributed by atoms with Crippen molar-refractivity contribution in [1.82, 2.24) is 14.6 Å². The van der Waals surface area contributed by atoms with Crippen molar-refractivity contribution in [2.75, 3.05) is 0 Å². The van der Waals surface area contributed by atoms with Crippen LogP contribution in [-0.2, 0) is 6.61 Å². The first-order valence-electron chi connectivity index (χ1n) is 6.97. The second kappa shape index (κ2) is 5.04. The van der Waals surface area contributed by atoms with Gasteiger partial charge in [0, 0.05) is 5.39 Å². The average Bonchev–Trinajstić information content (AvgIpc) is 2.93. The molecule has 4 rings (SSSR count). The summed E-state index contributed by atoms with van der Waals surface area (Å²) >= 11 is 0. The summed E-state index contributed by atoms with van der Waals surface area (Å²) in [7, 11) is 0.